The number of aryl methyl sites for hydroxylation is 3. The van der Waals surface area contributed by atoms with E-state index in [0.717, 1.165) is 18.6 Å². The smallest absolute Gasteiger partial charge is 0.119 e. The van der Waals surface area contributed by atoms with Gasteiger partial charge in [-0.2, -0.15) is 0 Å². The Labute approximate surface area is 175 Å². The first-order valence-corrected chi connectivity index (χ1v) is 10.2. The van der Waals surface area contributed by atoms with Crippen LogP contribution in [0.5, 0.6) is 5.75 Å². The highest BCUT2D eigenvalue weighted by Gasteiger charge is 2.04. The first-order valence-electron chi connectivity index (χ1n) is 10.2. The van der Waals surface area contributed by atoms with Gasteiger partial charge in [-0.1, -0.05) is 71.8 Å². The van der Waals surface area contributed by atoms with E-state index in [1.165, 1.54) is 33.5 Å². The SMILES string of the molecule is Cc1ccc(COc2ccc(/C=C/CCc3cc(C)ccc3N(C)C)cc2)cc1. The normalized spacial score (nSPS) is 11.0. The molecule has 3 aromatic rings. The van der Waals surface area contributed by atoms with Gasteiger partial charge in [-0.05, 0) is 61.6 Å². The van der Waals surface area contributed by atoms with Crippen molar-refractivity contribution in [1.82, 2.24) is 0 Å². The fraction of sp³-hybridized carbons (Fsp3) is 0.259. The fourth-order valence-corrected chi connectivity index (χ4v) is 3.34. The van der Waals surface area contributed by atoms with Gasteiger partial charge in [0.2, 0.25) is 0 Å². The van der Waals surface area contributed by atoms with Gasteiger partial charge in [-0.25, -0.2) is 0 Å². The Hall–Kier alpha value is -3.00. The Morgan fingerprint density at radius 1 is 0.828 bits per heavy atom. The number of hydrogen-bond acceptors (Lipinski definition) is 2. The predicted octanol–water partition coefficient (Wildman–Crippen LogP) is 6.59. The molecule has 2 nitrogen and oxygen atoms in total. The molecule has 0 spiro atoms. The van der Waals surface area contributed by atoms with Crippen LogP contribution in [0.3, 0.4) is 0 Å². The summed E-state index contributed by atoms with van der Waals surface area (Å²) in [7, 11) is 4.21. The molecule has 0 amide bonds. The summed E-state index contributed by atoms with van der Waals surface area (Å²) in [5, 5.41) is 0. The Bertz CT molecular complexity index is 937. The summed E-state index contributed by atoms with van der Waals surface area (Å²) in [4.78, 5) is 2.19. The van der Waals surface area contributed by atoms with Crippen LogP contribution in [0.25, 0.3) is 6.08 Å². The molecule has 0 radical (unpaired) electrons. The average molecular weight is 386 g/mol. The summed E-state index contributed by atoms with van der Waals surface area (Å²) >= 11 is 0. The fourth-order valence-electron chi connectivity index (χ4n) is 3.34. The van der Waals surface area contributed by atoms with E-state index in [1.807, 2.05) is 12.1 Å². The molecule has 3 rings (SSSR count). The molecule has 2 heteroatoms. The van der Waals surface area contributed by atoms with Crippen LogP contribution in [-0.4, -0.2) is 14.1 Å². The summed E-state index contributed by atoms with van der Waals surface area (Å²) < 4.78 is 5.89. The second-order valence-electron chi connectivity index (χ2n) is 7.81. The van der Waals surface area contributed by atoms with Crippen molar-refractivity contribution in [2.24, 2.45) is 0 Å². The molecule has 0 aromatic heterocycles. The molecule has 0 aliphatic heterocycles. The molecule has 0 heterocycles. The monoisotopic (exact) mass is 385 g/mol. The molecule has 0 bridgehead atoms. The van der Waals surface area contributed by atoms with E-state index in [0.29, 0.717) is 6.61 Å². The predicted molar refractivity (Wildman–Crippen MR) is 125 cm³/mol. The first-order chi connectivity index (χ1) is 14.0. The van der Waals surface area contributed by atoms with E-state index in [9.17, 15) is 0 Å². The average Bonchev–Trinajstić information content (AvgIpc) is 2.71. The Morgan fingerprint density at radius 2 is 1.52 bits per heavy atom. The van der Waals surface area contributed by atoms with Gasteiger partial charge in [0.25, 0.3) is 0 Å². The summed E-state index contributed by atoms with van der Waals surface area (Å²) in [5.41, 5.74) is 7.68. The minimum absolute atomic E-state index is 0.597. The molecule has 0 N–H and O–H groups in total. The van der Waals surface area contributed by atoms with Crippen LogP contribution in [0.2, 0.25) is 0 Å². The van der Waals surface area contributed by atoms with Gasteiger partial charge < -0.3 is 9.64 Å². The van der Waals surface area contributed by atoms with Crippen LogP contribution in [-0.2, 0) is 13.0 Å². The van der Waals surface area contributed by atoms with Crippen LogP contribution in [0.1, 0.15) is 34.2 Å². The molecule has 0 aliphatic carbocycles. The van der Waals surface area contributed by atoms with Gasteiger partial charge in [0, 0.05) is 19.8 Å². The molecule has 0 unspecified atom stereocenters. The molecule has 3 aromatic carbocycles. The number of benzene rings is 3. The van der Waals surface area contributed by atoms with Crippen LogP contribution in [0.15, 0.2) is 72.8 Å². The van der Waals surface area contributed by atoms with Crippen LogP contribution < -0.4 is 9.64 Å². The standard InChI is InChI=1S/C27H31NO/c1-21-9-12-24(13-10-21)20-29-26-16-14-23(15-17-26)7-5-6-8-25-19-22(2)11-18-27(25)28(3)4/h5,7,9-19H,6,8,20H2,1-4H3/b7-5+. The lowest BCUT2D eigenvalue weighted by Crippen LogP contribution is -2.11. The summed E-state index contributed by atoms with van der Waals surface area (Å²) in [5.74, 6) is 0.901. The zero-order valence-electron chi connectivity index (χ0n) is 18.0. The van der Waals surface area contributed by atoms with E-state index in [2.05, 4.69) is 99.6 Å². The number of anilines is 1. The van der Waals surface area contributed by atoms with E-state index >= 15 is 0 Å². The summed E-state index contributed by atoms with van der Waals surface area (Å²) in [6.45, 7) is 4.85. The van der Waals surface area contributed by atoms with Crippen molar-refractivity contribution in [3.8, 4) is 5.75 Å². The minimum atomic E-state index is 0.597. The van der Waals surface area contributed by atoms with Crippen molar-refractivity contribution >= 4 is 11.8 Å². The van der Waals surface area contributed by atoms with Gasteiger partial charge >= 0.3 is 0 Å². The largest absolute Gasteiger partial charge is 0.489 e. The van der Waals surface area contributed by atoms with Crippen molar-refractivity contribution in [1.29, 1.82) is 0 Å². The highest BCUT2D eigenvalue weighted by atomic mass is 16.5. The van der Waals surface area contributed by atoms with Crippen molar-refractivity contribution in [2.45, 2.75) is 33.3 Å². The van der Waals surface area contributed by atoms with Crippen molar-refractivity contribution in [3.05, 3.63) is 101 Å². The third kappa shape index (κ3) is 6.25. The minimum Gasteiger partial charge on any atom is -0.489 e. The molecule has 0 atom stereocenters. The topological polar surface area (TPSA) is 12.5 Å². The molecule has 150 valence electrons. The number of rotatable bonds is 8. The van der Waals surface area contributed by atoms with Crippen LogP contribution in [0.4, 0.5) is 5.69 Å². The van der Waals surface area contributed by atoms with Crippen molar-refractivity contribution < 1.29 is 4.74 Å². The molecule has 0 saturated heterocycles. The van der Waals surface area contributed by atoms with Gasteiger partial charge in [0.15, 0.2) is 0 Å². The second-order valence-corrected chi connectivity index (χ2v) is 7.81. The Balaban J connectivity index is 1.51. The zero-order chi connectivity index (χ0) is 20.6. The lowest BCUT2D eigenvalue weighted by Gasteiger charge is -2.17. The maximum Gasteiger partial charge on any atom is 0.119 e. The molecular weight excluding hydrogens is 354 g/mol. The van der Waals surface area contributed by atoms with Crippen molar-refractivity contribution in [2.75, 3.05) is 19.0 Å². The van der Waals surface area contributed by atoms with Crippen LogP contribution in [0, 0.1) is 13.8 Å². The van der Waals surface area contributed by atoms with E-state index in [-0.39, 0.29) is 0 Å². The van der Waals surface area contributed by atoms with Gasteiger partial charge in [-0.15, -0.1) is 0 Å². The molecule has 29 heavy (non-hydrogen) atoms. The maximum atomic E-state index is 5.89. The maximum absolute atomic E-state index is 5.89. The number of hydrogen-bond donors (Lipinski definition) is 0. The molecule has 0 saturated carbocycles. The summed E-state index contributed by atoms with van der Waals surface area (Å²) in [6.07, 6.45) is 6.51. The highest BCUT2D eigenvalue weighted by Crippen LogP contribution is 2.22. The van der Waals surface area contributed by atoms with Gasteiger partial charge in [0.1, 0.15) is 12.4 Å². The molecular formula is C27H31NO. The van der Waals surface area contributed by atoms with E-state index in [4.69, 9.17) is 4.74 Å². The van der Waals surface area contributed by atoms with Gasteiger partial charge in [0.05, 0.1) is 0 Å². The number of nitrogens with zero attached hydrogens (tertiary/aromatic N) is 1. The Morgan fingerprint density at radius 3 is 2.21 bits per heavy atom. The van der Waals surface area contributed by atoms with E-state index < -0.39 is 0 Å². The quantitative estimate of drug-likeness (QED) is 0.433. The lowest BCUT2D eigenvalue weighted by atomic mass is 10.0. The highest BCUT2D eigenvalue weighted by molar-refractivity contribution is 5.55. The zero-order valence-corrected chi connectivity index (χ0v) is 18.0. The number of ether oxygens (including phenoxy) is 1. The van der Waals surface area contributed by atoms with Crippen LogP contribution >= 0.6 is 0 Å². The van der Waals surface area contributed by atoms with Gasteiger partial charge in [-0.3, -0.25) is 0 Å². The first kappa shape index (κ1) is 20.7. The second kappa shape index (κ2) is 9.97. The lowest BCUT2D eigenvalue weighted by molar-refractivity contribution is 0.306. The van der Waals surface area contributed by atoms with E-state index in [1.54, 1.807) is 0 Å². The third-order valence-electron chi connectivity index (χ3n) is 5.01. The molecule has 0 aliphatic rings. The summed E-state index contributed by atoms with van der Waals surface area (Å²) in [6, 6.07) is 23.4. The third-order valence-corrected chi connectivity index (χ3v) is 5.01. The number of allylic oxidation sites excluding steroid dienone is 1. The van der Waals surface area contributed by atoms with Crippen molar-refractivity contribution in [3.63, 3.8) is 0 Å². The Kier molecular flexibility index (Phi) is 7.13. The molecule has 0 fully saturated rings.